The summed E-state index contributed by atoms with van der Waals surface area (Å²) in [6, 6.07) is 30.0. The molecule has 4 aromatic rings. The van der Waals surface area contributed by atoms with Crippen LogP contribution >= 0.6 is 0 Å². The van der Waals surface area contributed by atoms with Crippen LogP contribution in [0.15, 0.2) is 96.0 Å². The van der Waals surface area contributed by atoms with Gasteiger partial charge in [-0.25, -0.2) is 0 Å². The van der Waals surface area contributed by atoms with Crippen molar-refractivity contribution in [3.8, 4) is 0 Å². The highest BCUT2D eigenvalue weighted by Crippen LogP contribution is 2.27. The Morgan fingerprint density at radius 3 is 2.11 bits per heavy atom. The van der Waals surface area contributed by atoms with Gasteiger partial charge in [0.05, 0.1) is 11.7 Å². The number of likely N-dealkylation sites (N-methyl/N-ethyl adjacent to an activating group) is 1. The second-order valence-electron chi connectivity index (χ2n) is 6.91. The number of aliphatic imine (C=N–C) groups is 1. The van der Waals surface area contributed by atoms with E-state index in [0.717, 1.165) is 17.8 Å². The van der Waals surface area contributed by atoms with Gasteiger partial charge in [0.1, 0.15) is 0 Å². The minimum Gasteiger partial charge on any atom is -0.307 e. The molecule has 0 aliphatic carbocycles. The van der Waals surface area contributed by atoms with Crippen molar-refractivity contribution in [3.63, 3.8) is 0 Å². The molecule has 1 atom stereocenters. The Bertz CT molecular complexity index is 1160. The molecule has 0 bridgehead atoms. The SMILES string of the molecule is C=N/C(=C\C(NCC)c1ccc2ccccc2c1)c1ccc2ccccc2c1. The standard InChI is InChI=1S/C26H24N2/c1-3-28-26(24-15-13-20-9-5-7-11-22(20)17-24)18-25(27-2)23-14-12-19-8-4-6-10-21(19)16-23/h4-18,26,28H,2-3H2,1H3/b25-18-. The summed E-state index contributed by atoms with van der Waals surface area (Å²) in [4.78, 5) is 4.35. The molecule has 0 saturated heterocycles. The normalized spacial score (nSPS) is 13.0. The zero-order valence-electron chi connectivity index (χ0n) is 16.1. The lowest BCUT2D eigenvalue weighted by Crippen LogP contribution is -2.19. The van der Waals surface area contributed by atoms with Crippen LogP contribution in [-0.4, -0.2) is 13.3 Å². The van der Waals surface area contributed by atoms with Crippen LogP contribution in [0.3, 0.4) is 0 Å². The van der Waals surface area contributed by atoms with Gasteiger partial charge in [0.2, 0.25) is 0 Å². The molecule has 0 aliphatic heterocycles. The molecule has 0 radical (unpaired) electrons. The number of nitrogens with one attached hydrogen (secondary N) is 1. The molecule has 0 saturated carbocycles. The molecular weight excluding hydrogens is 340 g/mol. The number of hydrogen-bond acceptors (Lipinski definition) is 2. The van der Waals surface area contributed by atoms with E-state index in [2.05, 4.69) is 115 Å². The van der Waals surface area contributed by atoms with Crippen LogP contribution in [0.5, 0.6) is 0 Å². The van der Waals surface area contributed by atoms with Crippen molar-refractivity contribution < 1.29 is 0 Å². The molecule has 0 spiro atoms. The van der Waals surface area contributed by atoms with E-state index in [-0.39, 0.29) is 6.04 Å². The Hall–Kier alpha value is -3.23. The van der Waals surface area contributed by atoms with Crippen molar-refractivity contribution in [1.82, 2.24) is 5.32 Å². The lowest BCUT2D eigenvalue weighted by Gasteiger charge is -2.17. The maximum absolute atomic E-state index is 4.35. The Kier molecular flexibility index (Phi) is 5.31. The van der Waals surface area contributed by atoms with Gasteiger partial charge in [0.25, 0.3) is 0 Å². The van der Waals surface area contributed by atoms with Gasteiger partial charge in [-0.1, -0.05) is 79.7 Å². The molecule has 1 unspecified atom stereocenters. The zero-order valence-corrected chi connectivity index (χ0v) is 16.1. The minimum atomic E-state index is 0.0709. The topological polar surface area (TPSA) is 24.4 Å². The van der Waals surface area contributed by atoms with Crippen LogP contribution in [0.1, 0.15) is 24.1 Å². The van der Waals surface area contributed by atoms with Gasteiger partial charge in [-0.2, -0.15) is 0 Å². The van der Waals surface area contributed by atoms with Gasteiger partial charge in [-0.15, -0.1) is 0 Å². The van der Waals surface area contributed by atoms with Crippen LogP contribution in [0, 0.1) is 0 Å². The van der Waals surface area contributed by atoms with E-state index in [1.165, 1.54) is 27.1 Å². The highest BCUT2D eigenvalue weighted by molar-refractivity contribution is 5.87. The Morgan fingerprint density at radius 1 is 0.857 bits per heavy atom. The third-order valence-corrected chi connectivity index (χ3v) is 5.10. The molecular formula is C26H24N2. The largest absolute Gasteiger partial charge is 0.307 e. The molecule has 2 heteroatoms. The molecule has 0 aromatic heterocycles. The van der Waals surface area contributed by atoms with E-state index in [9.17, 15) is 0 Å². The van der Waals surface area contributed by atoms with E-state index in [0.29, 0.717) is 0 Å². The fraction of sp³-hybridized carbons (Fsp3) is 0.115. The van der Waals surface area contributed by atoms with E-state index in [1.54, 1.807) is 0 Å². The summed E-state index contributed by atoms with van der Waals surface area (Å²) in [5.74, 6) is 0. The molecule has 4 rings (SSSR count). The summed E-state index contributed by atoms with van der Waals surface area (Å²) in [5, 5.41) is 8.51. The van der Waals surface area contributed by atoms with Crippen LogP contribution in [0.2, 0.25) is 0 Å². The first-order chi connectivity index (χ1) is 13.8. The first kappa shape index (κ1) is 18.1. The number of hydrogen-bond donors (Lipinski definition) is 1. The van der Waals surface area contributed by atoms with Crippen molar-refractivity contribution in [1.29, 1.82) is 0 Å². The summed E-state index contributed by atoms with van der Waals surface area (Å²) in [5.41, 5.74) is 3.20. The zero-order chi connectivity index (χ0) is 19.3. The van der Waals surface area contributed by atoms with Gasteiger partial charge < -0.3 is 5.32 Å². The summed E-state index contributed by atoms with van der Waals surface area (Å²) in [6.45, 7) is 6.82. The molecule has 0 amide bonds. The maximum atomic E-state index is 4.35. The Morgan fingerprint density at radius 2 is 1.46 bits per heavy atom. The predicted molar refractivity (Wildman–Crippen MR) is 122 cm³/mol. The second-order valence-corrected chi connectivity index (χ2v) is 6.91. The number of fused-ring (bicyclic) bond motifs is 2. The number of rotatable bonds is 6. The van der Waals surface area contributed by atoms with Crippen molar-refractivity contribution >= 4 is 34.0 Å². The fourth-order valence-electron chi connectivity index (χ4n) is 3.64. The van der Waals surface area contributed by atoms with Gasteiger partial charge >= 0.3 is 0 Å². The van der Waals surface area contributed by atoms with Gasteiger partial charge in [-0.3, -0.25) is 4.99 Å². The highest BCUT2D eigenvalue weighted by atomic mass is 14.9. The van der Waals surface area contributed by atoms with Gasteiger partial charge in [0.15, 0.2) is 0 Å². The summed E-state index contributed by atoms with van der Waals surface area (Å²) >= 11 is 0. The lowest BCUT2D eigenvalue weighted by atomic mass is 9.99. The average molecular weight is 364 g/mol. The first-order valence-electron chi connectivity index (χ1n) is 9.68. The molecule has 0 aliphatic rings. The highest BCUT2D eigenvalue weighted by Gasteiger charge is 2.11. The van der Waals surface area contributed by atoms with Crippen molar-refractivity contribution in [2.75, 3.05) is 6.54 Å². The molecule has 28 heavy (non-hydrogen) atoms. The molecule has 0 heterocycles. The van der Waals surface area contributed by atoms with E-state index in [1.807, 2.05) is 0 Å². The monoisotopic (exact) mass is 364 g/mol. The average Bonchev–Trinajstić information content (AvgIpc) is 2.76. The smallest absolute Gasteiger partial charge is 0.0674 e. The third kappa shape index (κ3) is 3.73. The predicted octanol–water partition coefficient (Wildman–Crippen LogP) is 6.39. The van der Waals surface area contributed by atoms with Crippen LogP contribution in [0.4, 0.5) is 0 Å². The van der Waals surface area contributed by atoms with Crippen LogP contribution in [0.25, 0.3) is 27.2 Å². The summed E-state index contributed by atoms with van der Waals surface area (Å²) in [7, 11) is 0. The molecule has 138 valence electrons. The van der Waals surface area contributed by atoms with Crippen molar-refractivity contribution in [2.24, 2.45) is 4.99 Å². The van der Waals surface area contributed by atoms with Crippen LogP contribution in [-0.2, 0) is 0 Å². The number of benzene rings is 4. The van der Waals surface area contributed by atoms with Crippen molar-refractivity contribution in [2.45, 2.75) is 13.0 Å². The van der Waals surface area contributed by atoms with E-state index in [4.69, 9.17) is 0 Å². The fourth-order valence-corrected chi connectivity index (χ4v) is 3.64. The minimum absolute atomic E-state index is 0.0709. The molecule has 0 fully saturated rings. The lowest BCUT2D eigenvalue weighted by molar-refractivity contribution is 0.649. The molecule has 2 nitrogen and oxygen atoms in total. The summed E-state index contributed by atoms with van der Waals surface area (Å²) < 4.78 is 0. The van der Waals surface area contributed by atoms with Gasteiger partial charge in [-0.05, 0) is 58.6 Å². The number of nitrogens with zero attached hydrogens (tertiary/aromatic N) is 1. The van der Waals surface area contributed by atoms with Gasteiger partial charge in [0, 0.05) is 5.56 Å². The van der Waals surface area contributed by atoms with Crippen molar-refractivity contribution in [3.05, 3.63) is 102 Å². The molecule has 1 N–H and O–H groups in total. The Balaban J connectivity index is 1.75. The second kappa shape index (κ2) is 8.20. The molecule has 4 aromatic carbocycles. The Labute approximate surface area is 166 Å². The quantitative estimate of drug-likeness (QED) is 0.394. The third-order valence-electron chi connectivity index (χ3n) is 5.10. The van der Waals surface area contributed by atoms with Crippen LogP contribution < -0.4 is 5.32 Å². The maximum Gasteiger partial charge on any atom is 0.0674 e. The first-order valence-corrected chi connectivity index (χ1v) is 9.68. The van der Waals surface area contributed by atoms with E-state index < -0.39 is 0 Å². The summed E-state index contributed by atoms with van der Waals surface area (Å²) in [6.07, 6.45) is 2.17. The van der Waals surface area contributed by atoms with E-state index >= 15 is 0 Å².